The monoisotopic (exact) mass is 409 g/mol. The molecule has 0 aliphatic carbocycles. The van der Waals surface area contributed by atoms with E-state index in [1.54, 1.807) is 48.5 Å². The van der Waals surface area contributed by atoms with Gasteiger partial charge in [-0.3, -0.25) is 15.1 Å². The van der Waals surface area contributed by atoms with Gasteiger partial charge in [0.1, 0.15) is 0 Å². The molecule has 0 aromatic heterocycles. The summed E-state index contributed by atoms with van der Waals surface area (Å²) >= 11 is 0. The predicted octanol–water partition coefficient (Wildman–Crippen LogP) is 4.52. The van der Waals surface area contributed by atoms with Gasteiger partial charge in [-0.25, -0.2) is 0 Å². The number of carbonyl (C=O) groups excluding carboxylic acids is 1. The number of amides is 1. The number of carbonyl (C=O) groups is 1. The lowest BCUT2D eigenvalue weighted by atomic mass is 9.82. The lowest BCUT2D eigenvalue weighted by Gasteiger charge is -2.28. The van der Waals surface area contributed by atoms with E-state index < -0.39 is 23.2 Å². The summed E-state index contributed by atoms with van der Waals surface area (Å²) in [7, 11) is 0. The van der Waals surface area contributed by atoms with Crippen LogP contribution >= 0.6 is 0 Å². The molecule has 0 radical (unpaired) electrons. The van der Waals surface area contributed by atoms with Gasteiger partial charge in [-0.05, 0) is 22.8 Å². The van der Waals surface area contributed by atoms with Crippen molar-refractivity contribution in [3.8, 4) is 0 Å². The second kappa shape index (κ2) is 7.33. The van der Waals surface area contributed by atoms with Crippen molar-refractivity contribution in [1.29, 1.82) is 5.41 Å². The van der Waals surface area contributed by atoms with E-state index in [0.29, 0.717) is 11.1 Å². The highest BCUT2D eigenvalue weighted by Gasteiger charge is 2.52. The van der Waals surface area contributed by atoms with Crippen LogP contribution in [0.5, 0.6) is 0 Å². The molecule has 1 fully saturated rings. The molecular weight excluding hydrogens is 391 g/mol. The van der Waals surface area contributed by atoms with Crippen LogP contribution < -0.4 is 5.32 Å². The predicted molar refractivity (Wildman–Crippen MR) is 107 cm³/mol. The first kappa shape index (κ1) is 19.7. The molecule has 3 aromatic rings. The van der Waals surface area contributed by atoms with Crippen molar-refractivity contribution in [2.45, 2.75) is 18.3 Å². The van der Waals surface area contributed by atoms with E-state index >= 15 is 0 Å². The summed E-state index contributed by atoms with van der Waals surface area (Å²) < 4.78 is 40.3. The SMILES string of the molecule is N=C1NC(c2ccccc2)(c2ccccc2)C(=O)N1Cc1ccccc1C(F)(F)F. The van der Waals surface area contributed by atoms with Crippen molar-refractivity contribution in [1.82, 2.24) is 10.2 Å². The quantitative estimate of drug-likeness (QED) is 0.666. The van der Waals surface area contributed by atoms with Crippen LogP contribution in [0.2, 0.25) is 0 Å². The molecule has 1 aliphatic heterocycles. The Morgan fingerprint density at radius 2 is 1.33 bits per heavy atom. The number of hydrogen-bond donors (Lipinski definition) is 2. The fourth-order valence-corrected chi connectivity index (χ4v) is 3.79. The van der Waals surface area contributed by atoms with Crippen LogP contribution in [0.3, 0.4) is 0 Å². The van der Waals surface area contributed by atoms with Gasteiger partial charge in [-0.1, -0.05) is 78.9 Å². The minimum Gasteiger partial charge on any atom is -0.334 e. The fraction of sp³-hybridized carbons (Fsp3) is 0.130. The summed E-state index contributed by atoms with van der Waals surface area (Å²) in [5, 5.41) is 11.3. The molecule has 1 heterocycles. The second-order valence-electron chi connectivity index (χ2n) is 7.00. The van der Waals surface area contributed by atoms with Gasteiger partial charge in [0.05, 0.1) is 12.1 Å². The van der Waals surface area contributed by atoms with E-state index in [0.717, 1.165) is 11.0 Å². The number of benzene rings is 3. The molecule has 0 atom stereocenters. The smallest absolute Gasteiger partial charge is 0.334 e. The van der Waals surface area contributed by atoms with Crippen molar-refractivity contribution in [3.05, 3.63) is 107 Å². The summed E-state index contributed by atoms with van der Waals surface area (Å²) in [5.74, 6) is -0.744. The molecule has 152 valence electrons. The maximum Gasteiger partial charge on any atom is 0.416 e. The number of nitrogens with one attached hydrogen (secondary N) is 2. The van der Waals surface area contributed by atoms with Gasteiger partial charge in [-0.2, -0.15) is 13.2 Å². The van der Waals surface area contributed by atoms with E-state index in [2.05, 4.69) is 5.32 Å². The Labute approximate surface area is 171 Å². The Balaban J connectivity index is 1.80. The minimum absolute atomic E-state index is 0.0678. The maximum absolute atomic E-state index is 13.6. The van der Waals surface area contributed by atoms with Crippen LogP contribution in [0.15, 0.2) is 84.9 Å². The van der Waals surface area contributed by atoms with Crippen LogP contribution in [0.25, 0.3) is 0 Å². The third-order valence-electron chi connectivity index (χ3n) is 5.21. The molecule has 0 unspecified atom stereocenters. The molecule has 0 bridgehead atoms. The topological polar surface area (TPSA) is 56.2 Å². The normalized spacial score (nSPS) is 15.9. The standard InChI is InChI=1S/C23H18F3N3O/c24-23(25,26)19-14-8-7-9-16(19)15-29-20(30)22(28-21(29)27,17-10-3-1-4-11-17)18-12-5-2-6-13-18/h1-14H,15H2,(H2,27,28). The van der Waals surface area contributed by atoms with E-state index in [1.165, 1.54) is 18.2 Å². The van der Waals surface area contributed by atoms with Gasteiger partial charge in [0.25, 0.3) is 5.91 Å². The van der Waals surface area contributed by atoms with Crippen LogP contribution in [0.1, 0.15) is 22.3 Å². The highest BCUT2D eigenvalue weighted by Crippen LogP contribution is 2.38. The summed E-state index contributed by atoms with van der Waals surface area (Å²) in [6.45, 7) is -0.359. The summed E-state index contributed by atoms with van der Waals surface area (Å²) in [5.41, 5.74) is -1.05. The summed E-state index contributed by atoms with van der Waals surface area (Å²) in [6, 6.07) is 22.9. The largest absolute Gasteiger partial charge is 0.416 e. The molecule has 4 rings (SSSR count). The van der Waals surface area contributed by atoms with Gasteiger partial charge >= 0.3 is 6.18 Å². The Bertz CT molecular complexity index is 1040. The molecule has 1 amide bonds. The van der Waals surface area contributed by atoms with E-state index in [4.69, 9.17) is 5.41 Å². The Morgan fingerprint density at radius 3 is 1.87 bits per heavy atom. The van der Waals surface area contributed by atoms with Crippen LogP contribution in [0, 0.1) is 5.41 Å². The Hall–Kier alpha value is -3.61. The highest BCUT2D eigenvalue weighted by molar-refractivity contribution is 6.10. The summed E-state index contributed by atoms with van der Waals surface area (Å²) in [6.07, 6.45) is -4.55. The Kier molecular flexibility index (Phi) is 4.81. The van der Waals surface area contributed by atoms with Gasteiger partial charge < -0.3 is 5.32 Å². The van der Waals surface area contributed by atoms with Crippen molar-refractivity contribution >= 4 is 11.9 Å². The fourth-order valence-electron chi connectivity index (χ4n) is 3.79. The van der Waals surface area contributed by atoms with E-state index in [1.807, 2.05) is 12.1 Å². The second-order valence-corrected chi connectivity index (χ2v) is 7.00. The number of rotatable bonds is 4. The van der Waals surface area contributed by atoms with Gasteiger partial charge in [0, 0.05) is 0 Å². The molecule has 30 heavy (non-hydrogen) atoms. The molecular formula is C23H18F3N3O. The number of hydrogen-bond acceptors (Lipinski definition) is 2. The van der Waals surface area contributed by atoms with Gasteiger partial charge in [0.2, 0.25) is 0 Å². The van der Waals surface area contributed by atoms with Crippen LogP contribution in [0.4, 0.5) is 13.2 Å². The molecule has 4 nitrogen and oxygen atoms in total. The first-order chi connectivity index (χ1) is 14.3. The number of nitrogens with zero attached hydrogens (tertiary/aromatic N) is 1. The molecule has 7 heteroatoms. The zero-order valence-corrected chi connectivity index (χ0v) is 15.8. The molecule has 0 spiro atoms. The maximum atomic E-state index is 13.6. The van der Waals surface area contributed by atoms with Crippen molar-refractivity contribution < 1.29 is 18.0 Å². The van der Waals surface area contributed by atoms with Crippen LogP contribution in [-0.4, -0.2) is 16.8 Å². The lowest BCUT2D eigenvalue weighted by Crippen LogP contribution is -2.45. The van der Waals surface area contributed by atoms with Crippen molar-refractivity contribution in [2.24, 2.45) is 0 Å². The highest BCUT2D eigenvalue weighted by atomic mass is 19.4. The molecule has 3 aromatic carbocycles. The van der Waals surface area contributed by atoms with Gasteiger partial charge in [0.15, 0.2) is 11.5 Å². The molecule has 1 aliphatic rings. The first-order valence-corrected chi connectivity index (χ1v) is 9.29. The molecule has 0 saturated carbocycles. The molecule has 2 N–H and O–H groups in total. The average Bonchev–Trinajstić information content (AvgIpc) is 3.00. The van der Waals surface area contributed by atoms with Crippen molar-refractivity contribution in [2.75, 3.05) is 0 Å². The van der Waals surface area contributed by atoms with Gasteiger partial charge in [-0.15, -0.1) is 0 Å². The zero-order valence-electron chi connectivity index (χ0n) is 15.8. The number of alkyl halides is 3. The average molecular weight is 409 g/mol. The first-order valence-electron chi connectivity index (χ1n) is 9.29. The van der Waals surface area contributed by atoms with E-state index in [9.17, 15) is 18.0 Å². The minimum atomic E-state index is -4.55. The number of halogens is 3. The summed E-state index contributed by atoms with van der Waals surface area (Å²) in [4.78, 5) is 14.7. The zero-order chi connectivity index (χ0) is 21.4. The van der Waals surface area contributed by atoms with Crippen molar-refractivity contribution in [3.63, 3.8) is 0 Å². The van der Waals surface area contributed by atoms with E-state index in [-0.39, 0.29) is 18.1 Å². The van der Waals surface area contributed by atoms with Crippen LogP contribution in [-0.2, 0) is 23.1 Å². The third-order valence-corrected chi connectivity index (χ3v) is 5.21. The number of guanidine groups is 1. The third kappa shape index (κ3) is 3.22. The lowest BCUT2D eigenvalue weighted by molar-refractivity contribution is -0.139. The molecule has 1 saturated heterocycles. The Morgan fingerprint density at radius 1 is 0.833 bits per heavy atom.